The van der Waals surface area contributed by atoms with E-state index in [1.165, 1.54) is 37.9 Å². The Labute approximate surface area is 111 Å². The number of nitrogens with one attached hydrogen (secondary N) is 1. The summed E-state index contributed by atoms with van der Waals surface area (Å²) >= 11 is 0. The lowest BCUT2D eigenvalue weighted by Crippen LogP contribution is -2.55. The molecule has 1 fully saturated rings. The predicted octanol–water partition coefficient (Wildman–Crippen LogP) is 2.69. The van der Waals surface area contributed by atoms with E-state index in [9.17, 15) is 0 Å². The van der Waals surface area contributed by atoms with E-state index in [0.29, 0.717) is 12.1 Å². The molecule has 0 spiro atoms. The molecule has 2 heteroatoms. The van der Waals surface area contributed by atoms with Gasteiger partial charge in [-0.15, -0.1) is 0 Å². The third-order valence-electron chi connectivity index (χ3n) is 4.03. The first-order valence-electron chi connectivity index (χ1n) is 7.31. The predicted molar refractivity (Wildman–Crippen MR) is 77.9 cm³/mol. The zero-order valence-electron chi connectivity index (χ0n) is 11.7. The molecule has 2 rings (SSSR count). The second-order valence-electron chi connectivity index (χ2n) is 5.45. The van der Waals surface area contributed by atoms with E-state index in [-0.39, 0.29) is 0 Å². The van der Waals surface area contributed by atoms with Crippen LogP contribution in [-0.4, -0.2) is 36.6 Å². The fourth-order valence-corrected chi connectivity index (χ4v) is 2.71. The van der Waals surface area contributed by atoms with Gasteiger partial charge in [-0.25, -0.2) is 0 Å². The van der Waals surface area contributed by atoms with E-state index in [2.05, 4.69) is 54.4 Å². The van der Waals surface area contributed by atoms with E-state index in [0.717, 1.165) is 6.54 Å². The number of aryl methyl sites for hydroxylation is 1. The van der Waals surface area contributed by atoms with Gasteiger partial charge in [-0.05, 0) is 38.3 Å². The molecule has 0 amide bonds. The Kier molecular flexibility index (Phi) is 5.21. The molecule has 0 saturated carbocycles. The Balaban J connectivity index is 1.75. The van der Waals surface area contributed by atoms with Crippen molar-refractivity contribution >= 4 is 0 Å². The molecular formula is C16H26N2. The summed E-state index contributed by atoms with van der Waals surface area (Å²) in [5.74, 6) is 0. The van der Waals surface area contributed by atoms with Gasteiger partial charge in [-0.1, -0.05) is 37.3 Å². The summed E-state index contributed by atoms with van der Waals surface area (Å²) in [5, 5.41) is 3.61. The molecule has 1 aliphatic rings. The van der Waals surface area contributed by atoms with Crippen molar-refractivity contribution in [2.75, 3.05) is 19.6 Å². The monoisotopic (exact) mass is 246 g/mol. The van der Waals surface area contributed by atoms with Gasteiger partial charge >= 0.3 is 0 Å². The van der Waals surface area contributed by atoms with Crippen LogP contribution in [0.4, 0.5) is 0 Å². The van der Waals surface area contributed by atoms with Crippen LogP contribution < -0.4 is 5.32 Å². The summed E-state index contributed by atoms with van der Waals surface area (Å²) in [4.78, 5) is 2.65. The molecule has 2 atom stereocenters. The van der Waals surface area contributed by atoms with Gasteiger partial charge in [0.05, 0.1) is 0 Å². The summed E-state index contributed by atoms with van der Waals surface area (Å²) in [6.07, 6.45) is 3.71. The molecular weight excluding hydrogens is 220 g/mol. The zero-order chi connectivity index (χ0) is 12.8. The quantitative estimate of drug-likeness (QED) is 0.859. The molecule has 1 aliphatic heterocycles. The van der Waals surface area contributed by atoms with Crippen LogP contribution in [-0.2, 0) is 6.42 Å². The molecule has 0 aliphatic carbocycles. The van der Waals surface area contributed by atoms with Crippen LogP contribution in [0.3, 0.4) is 0 Å². The Morgan fingerprint density at radius 2 is 2.06 bits per heavy atom. The molecule has 0 aromatic heterocycles. The minimum atomic E-state index is 0.684. The van der Waals surface area contributed by atoms with Crippen LogP contribution in [0.1, 0.15) is 32.3 Å². The summed E-state index contributed by atoms with van der Waals surface area (Å²) in [6.45, 7) is 8.20. The minimum Gasteiger partial charge on any atom is -0.311 e. The molecule has 1 aromatic carbocycles. The summed E-state index contributed by atoms with van der Waals surface area (Å²) in [5.41, 5.74) is 1.47. The number of hydrogen-bond acceptors (Lipinski definition) is 2. The van der Waals surface area contributed by atoms with Crippen LogP contribution in [0.25, 0.3) is 0 Å². The van der Waals surface area contributed by atoms with Crippen LogP contribution in [0.2, 0.25) is 0 Å². The molecule has 2 unspecified atom stereocenters. The Hall–Kier alpha value is -0.860. The Bertz CT molecular complexity index is 336. The van der Waals surface area contributed by atoms with Gasteiger partial charge in [0, 0.05) is 25.2 Å². The van der Waals surface area contributed by atoms with Gasteiger partial charge in [0.2, 0.25) is 0 Å². The van der Waals surface area contributed by atoms with Crippen LogP contribution >= 0.6 is 0 Å². The number of rotatable bonds is 5. The molecule has 2 nitrogen and oxygen atoms in total. The molecule has 0 bridgehead atoms. The van der Waals surface area contributed by atoms with Crippen molar-refractivity contribution in [1.82, 2.24) is 10.2 Å². The van der Waals surface area contributed by atoms with Gasteiger partial charge in [-0.2, -0.15) is 0 Å². The maximum Gasteiger partial charge on any atom is 0.0193 e. The normalized spacial score (nSPS) is 25.2. The van der Waals surface area contributed by atoms with E-state index in [1.807, 2.05) is 0 Å². The molecule has 1 N–H and O–H groups in total. The lowest BCUT2D eigenvalue weighted by molar-refractivity contribution is 0.138. The molecule has 0 radical (unpaired) electrons. The fraction of sp³-hybridized carbons (Fsp3) is 0.625. The Morgan fingerprint density at radius 3 is 2.78 bits per heavy atom. The first-order chi connectivity index (χ1) is 8.79. The lowest BCUT2D eigenvalue weighted by Gasteiger charge is -2.38. The Morgan fingerprint density at radius 1 is 1.28 bits per heavy atom. The summed E-state index contributed by atoms with van der Waals surface area (Å²) in [6, 6.07) is 12.2. The van der Waals surface area contributed by atoms with Crippen molar-refractivity contribution in [1.29, 1.82) is 0 Å². The van der Waals surface area contributed by atoms with Gasteiger partial charge < -0.3 is 5.32 Å². The van der Waals surface area contributed by atoms with E-state index < -0.39 is 0 Å². The van der Waals surface area contributed by atoms with Crippen molar-refractivity contribution in [3.05, 3.63) is 35.9 Å². The number of piperazine rings is 1. The molecule has 1 heterocycles. The first-order valence-corrected chi connectivity index (χ1v) is 7.31. The minimum absolute atomic E-state index is 0.684. The maximum absolute atomic E-state index is 3.61. The van der Waals surface area contributed by atoms with Gasteiger partial charge in [-0.3, -0.25) is 4.90 Å². The molecule has 18 heavy (non-hydrogen) atoms. The average Bonchev–Trinajstić information content (AvgIpc) is 2.42. The lowest BCUT2D eigenvalue weighted by atomic mass is 10.1. The van der Waals surface area contributed by atoms with Crippen molar-refractivity contribution in [2.24, 2.45) is 0 Å². The standard InChI is InChI=1S/C16H26N2/c1-3-16-13-18(14(2)12-17-16)11-7-10-15-8-5-4-6-9-15/h4-6,8-9,14,16-17H,3,7,10-13H2,1-2H3. The first kappa shape index (κ1) is 13.6. The topological polar surface area (TPSA) is 15.3 Å². The van der Waals surface area contributed by atoms with E-state index >= 15 is 0 Å². The highest BCUT2D eigenvalue weighted by Crippen LogP contribution is 2.11. The van der Waals surface area contributed by atoms with Crippen LogP contribution in [0, 0.1) is 0 Å². The van der Waals surface area contributed by atoms with Crippen molar-refractivity contribution < 1.29 is 0 Å². The summed E-state index contributed by atoms with van der Waals surface area (Å²) in [7, 11) is 0. The highest BCUT2D eigenvalue weighted by molar-refractivity contribution is 5.14. The highest BCUT2D eigenvalue weighted by Gasteiger charge is 2.22. The second-order valence-corrected chi connectivity index (χ2v) is 5.45. The third kappa shape index (κ3) is 3.82. The van der Waals surface area contributed by atoms with E-state index in [1.54, 1.807) is 0 Å². The second kappa shape index (κ2) is 6.91. The molecule has 1 aromatic rings. The van der Waals surface area contributed by atoms with Crippen molar-refractivity contribution in [3.8, 4) is 0 Å². The number of nitrogens with zero attached hydrogens (tertiary/aromatic N) is 1. The highest BCUT2D eigenvalue weighted by atomic mass is 15.2. The van der Waals surface area contributed by atoms with Crippen molar-refractivity contribution in [3.63, 3.8) is 0 Å². The number of hydrogen-bond donors (Lipinski definition) is 1. The molecule has 100 valence electrons. The zero-order valence-corrected chi connectivity index (χ0v) is 11.7. The SMILES string of the molecule is CCC1CN(CCCc2ccccc2)C(C)CN1. The third-order valence-corrected chi connectivity index (χ3v) is 4.03. The number of benzene rings is 1. The van der Waals surface area contributed by atoms with Gasteiger partial charge in [0.25, 0.3) is 0 Å². The van der Waals surface area contributed by atoms with E-state index in [4.69, 9.17) is 0 Å². The smallest absolute Gasteiger partial charge is 0.0193 e. The van der Waals surface area contributed by atoms with Crippen LogP contribution in [0.15, 0.2) is 30.3 Å². The van der Waals surface area contributed by atoms with Gasteiger partial charge in [0.1, 0.15) is 0 Å². The van der Waals surface area contributed by atoms with Crippen LogP contribution in [0.5, 0.6) is 0 Å². The fourth-order valence-electron chi connectivity index (χ4n) is 2.71. The van der Waals surface area contributed by atoms with Crippen molar-refractivity contribution in [2.45, 2.75) is 45.2 Å². The largest absolute Gasteiger partial charge is 0.311 e. The van der Waals surface area contributed by atoms with Gasteiger partial charge in [0.15, 0.2) is 0 Å². The summed E-state index contributed by atoms with van der Waals surface area (Å²) < 4.78 is 0. The average molecular weight is 246 g/mol. The molecule has 1 saturated heterocycles. The maximum atomic E-state index is 3.61.